The first-order valence-corrected chi connectivity index (χ1v) is 6.13. The molecule has 0 saturated heterocycles. The molecule has 2 N–H and O–H groups in total. The number of rotatable bonds is 0. The molecule has 0 radical (unpaired) electrons. The molecule has 0 spiro atoms. The van der Waals surface area contributed by atoms with Crippen LogP contribution in [-0.4, -0.2) is 11.9 Å². The summed E-state index contributed by atoms with van der Waals surface area (Å²) in [5.74, 6) is -0.461. The molecule has 2 unspecified atom stereocenters. The average Bonchev–Trinajstić information content (AvgIpc) is 2.31. The fourth-order valence-corrected chi connectivity index (χ4v) is 2.08. The number of carbonyl (C=O) groups excluding carboxylic acids is 1. The van der Waals surface area contributed by atoms with Crippen molar-refractivity contribution >= 4 is 39.9 Å². The summed E-state index contributed by atoms with van der Waals surface area (Å²) < 4.78 is 13.9. The van der Waals surface area contributed by atoms with E-state index in [9.17, 15) is 9.18 Å². The van der Waals surface area contributed by atoms with Gasteiger partial charge in [-0.05, 0) is 35.6 Å². The molecule has 1 aromatic rings. The average molecular weight is 334 g/mol. The van der Waals surface area contributed by atoms with E-state index in [1.807, 2.05) is 36.4 Å². The lowest BCUT2D eigenvalue weighted by molar-refractivity contribution is -0.119. The van der Waals surface area contributed by atoms with Crippen LogP contribution < -0.4 is 10.6 Å². The lowest BCUT2D eigenvalue weighted by atomic mass is 10.0. The first-order valence-electron chi connectivity index (χ1n) is 5.05. The second-order valence-electron chi connectivity index (χ2n) is 4.02. The monoisotopic (exact) mass is 334 g/mol. The fraction of sp³-hybridized carbons (Fsp3) is 0.364. The molecule has 5 heteroatoms. The molecule has 0 aromatic heterocycles. The molecule has 1 heterocycles. The molecule has 1 aliphatic rings. The molecule has 1 aromatic carbocycles. The summed E-state index contributed by atoms with van der Waals surface area (Å²) in [7, 11) is 0. The summed E-state index contributed by atoms with van der Waals surface area (Å²) in [4.78, 5) is 11.7. The Labute approximate surface area is 107 Å². The highest BCUT2D eigenvalue weighted by molar-refractivity contribution is 14.1. The molecule has 16 heavy (non-hydrogen) atoms. The van der Waals surface area contributed by atoms with Crippen LogP contribution in [0, 0.1) is 15.3 Å². The zero-order chi connectivity index (χ0) is 11.9. The molecule has 0 fully saturated rings. The van der Waals surface area contributed by atoms with Crippen LogP contribution in [0.2, 0.25) is 0 Å². The van der Waals surface area contributed by atoms with Gasteiger partial charge in [-0.2, -0.15) is 0 Å². The van der Waals surface area contributed by atoms with E-state index in [1.165, 1.54) is 6.07 Å². The minimum Gasteiger partial charge on any atom is -0.380 e. The Morgan fingerprint density at radius 2 is 2.00 bits per heavy atom. The summed E-state index contributed by atoms with van der Waals surface area (Å²) in [6.45, 7) is 3.76. The Kier molecular flexibility index (Phi) is 3.05. The Morgan fingerprint density at radius 1 is 1.31 bits per heavy atom. The van der Waals surface area contributed by atoms with Crippen molar-refractivity contribution in [3.8, 4) is 0 Å². The second kappa shape index (κ2) is 4.20. The molecule has 0 saturated carbocycles. The first-order chi connectivity index (χ1) is 7.49. The topological polar surface area (TPSA) is 41.1 Å². The predicted octanol–water partition coefficient (Wildman–Crippen LogP) is 2.82. The van der Waals surface area contributed by atoms with Crippen LogP contribution >= 0.6 is 22.6 Å². The van der Waals surface area contributed by atoms with Crippen molar-refractivity contribution in [2.75, 3.05) is 10.6 Å². The molecule has 0 aliphatic carbocycles. The Bertz CT molecular complexity index is 450. The molecule has 2 rings (SSSR count). The van der Waals surface area contributed by atoms with Crippen molar-refractivity contribution < 1.29 is 9.18 Å². The third kappa shape index (κ3) is 2.00. The molecule has 3 nitrogen and oxygen atoms in total. The lowest BCUT2D eigenvalue weighted by Crippen LogP contribution is -2.30. The van der Waals surface area contributed by atoms with Gasteiger partial charge >= 0.3 is 0 Å². The quantitative estimate of drug-likeness (QED) is 0.717. The third-order valence-corrected chi connectivity index (χ3v) is 3.69. The van der Waals surface area contributed by atoms with Gasteiger partial charge in [-0.25, -0.2) is 4.39 Å². The standard InChI is InChI=1S/C11H12FIN2O/c1-5-6(2)14-9-3-7(12)8(13)4-10(9)15-11(5)16/h3-6,14H,1-2H3,(H,15,16). The largest absolute Gasteiger partial charge is 0.380 e. The van der Waals surface area contributed by atoms with Gasteiger partial charge < -0.3 is 10.6 Å². The van der Waals surface area contributed by atoms with Crippen LogP contribution in [0.25, 0.3) is 0 Å². The molecule has 2 atom stereocenters. The van der Waals surface area contributed by atoms with E-state index in [0.717, 1.165) is 0 Å². The number of nitrogens with one attached hydrogen (secondary N) is 2. The molecule has 1 aliphatic heterocycles. The number of fused-ring (bicyclic) bond motifs is 1. The number of carbonyl (C=O) groups is 1. The fourth-order valence-electron chi connectivity index (χ4n) is 1.61. The van der Waals surface area contributed by atoms with Crippen molar-refractivity contribution in [2.24, 2.45) is 5.92 Å². The van der Waals surface area contributed by atoms with Gasteiger partial charge in [0, 0.05) is 12.1 Å². The number of hydrogen-bond acceptors (Lipinski definition) is 2. The predicted molar refractivity (Wildman–Crippen MR) is 70.0 cm³/mol. The van der Waals surface area contributed by atoms with Crippen molar-refractivity contribution in [1.82, 2.24) is 0 Å². The van der Waals surface area contributed by atoms with Gasteiger partial charge in [-0.15, -0.1) is 0 Å². The van der Waals surface area contributed by atoms with Crippen molar-refractivity contribution in [3.05, 3.63) is 21.5 Å². The van der Waals surface area contributed by atoms with Crippen LogP contribution in [-0.2, 0) is 4.79 Å². The van der Waals surface area contributed by atoms with E-state index in [1.54, 1.807) is 6.07 Å². The van der Waals surface area contributed by atoms with E-state index in [2.05, 4.69) is 10.6 Å². The Morgan fingerprint density at radius 3 is 2.69 bits per heavy atom. The van der Waals surface area contributed by atoms with E-state index in [0.29, 0.717) is 14.9 Å². The molecular weight excluding hydrogens is 322 g/mol. The summed E-state index contributed by atoms with van der Waals surface area (Å²) >= 11 is 1.91. The first kappa shape index (κ1) is 11.6. The zero-order valence-corrected chi connectivity index (χ0v) is 11.1. The van der Waals surface area contributed by atoms with Gasteiger partial charge in [0.05, 0.1) is 20.9 Å². The summed E-state index contributed by atoms with van der Waals surface area (Å²) in [5.41, 5.74) is 1.29. The van der Waals surface area contributed by atoms with Crippen LogP contribution in [0.1, 0.15) is 13.8 Å². The maximum Gasteiger partial charge on any atom is 0.229 e. The van der Waals surface area contributed by atoms with Crippen LogP contribution in [0.15, 0.2) is 12.1 Å². The zero-order valence-electron chi connectivity index (χ0n) is 8.97. The van der Waals surface area contributed by atoms with Crippen molar-refractivity contribution in [1.29, 1.82) is 0 Å². The van der Waals surface area contributed by atoms with Crippen LogP contribution in [0.4, 0.5) is 15.8 Å². The van der Waals surface area contributed by atoms with Gasteiger partial charge in [0.25, 0.3) is 0 Å². The number of anilines is 2. The maximum absolute atomic E-state index is 13.4. The third-order valence-electron chi connectivity index (χ3n) is 2.87. The minimum atomic E-state index is -0.275. The number of hydrogen-bond donors (Lipinski definition) is 2. The maximum atomic E-state index is 13.4. The number of halogens is 2. The normalized spacial score (nSPS) is 24.1. The van der Waals surface area contributed by atoms with Crippen LogP contribution in [0.3, 0.4) is 0 Å². The second-order valence-corrected chi connectivity index (χ2v) is 5.19. The highest BCUT2D eigenvalue weighted by Gasteiger charge is 2.26. The van der Waals surface area contributed by atoms with Gasteiger partial charge in [-0.3, -0.25) is 4.79 Å². The summed E-state index contributed by atoms with van der Waals surface area (Å²) in [5, 5.41) is 5.94. The van der Waals surface area contributed by atoms with E-state index in [4.69, 9.17) is 0 Å². The molecule has 0 bridgehead atoms. The van der Waals surface area contributed by atoms with E-state index >= 15 is 0 Å². The SMILES string of the molecule is CC1Nc2cc(F)c(I)cc2NC(=O)C1C. The number of amides is 1. The highest BCUT2D eigenvalue weighted by atomic mass is 127. The summed E-state index contributed by atoms with van der Waals surface area (Å²) in [6.07, 6.45) is 0. The molecule has 1 amide bonds. The highest BCUT2D eigenvalue weighted by Crippen LogP contribution is 2.31. The van der Waals surface area contributed by atoms with Crippen molar-refractivity contribution in [2.45, 2.75) is 19.9 Å². The Hall–Kier alpha value is -0.850. The minimum absolute atomic E-state index is 0.0132. The number of benzene rings is 1. The van der Waals surface area contributed by atoms with E-state index < -0.39 is 0 Å². The molecule has 86 valence electrons. The van der Waals surface area contributed by atoms with Gasteiger partial charge in [0.1, 0.15) is 5.82 Å². The van der Waals surface area contributed by atoms with Gasteiger partial charge in [0.15, 0.2) is 0 Å². The van der Waals surface area contributed by atoms with E-state index in [-0.39, 0.29) is 23.7 Å². The molecular formula is C11H12FIN2O. The summed E-state index contributed by atoms with van der Waals surface area (Å²) in [6, 6.07) is 3.05. The smallest absolute Gasteiger partial charge is 0.229 e. The Balaban J connectivity index is 2.47. The van der Waals surface area contributed by atoms with Crippen LogP contribution in [0.5, 0.6) is 0 Å². The van der Waals surface area contributed by atoms with Gasteiger partial charge in [0.2, 0.25) is 5.91 Å². The van der Waals surface area contributed by atoms with Gasteiger partial charge in [-0.1, -0.05) is 6.92 Å². The van der Waals surface area contributed by atoms with Crippen molar-refractivity contribution in [3.63, 3.8) is 0 Å². The lowest BCUT2D eigenvalue weighted by Gasteiger charge is -2.16.